The Morgan fingerprint density at radius 1 is 1.46 bits per heavy atom. The highest BCUT2D eigenvalue weighted by atomic mass is 79.9. The van der Waals surface area contributed by atoms with Crippen LogP contribution in [0.5, 0.6) is 0 Å². The summed E-state index contributed by atoms with van der Waals surface area (Å²) in [5.41, 5.74) is 0. The maximum Gasteiger partial charge on any atom is 0.316 e. The van der Waals surface area contributed by atoms with Gasteiger partial charge in [0.25, 0.3) is 0 Å². The molecule has 1 N–H and O–H groups in total. The van der Waals surface area contributed by atoms with Crippen LogP contribution >= 0.6 is 27.7 Å². The first-order valence-corrected chi connectivity index (χ1v) is 5.42. The van der Waals surface area contributed by atoms with Crippen molar-refractivity contribution in [2.75, 3.05) is 0 Å². The van der Waals surface area contributed by atoms with Crippen LogP contribution in [0.25, 0.3) is 0 Å². The molecule has 4 heteroatoms. The number of thioether (sulfide) groups is 1. The van der Waals surface area contributed by atoms with E-state index in [9.17, 15) is 4.79 Å². The normalized spacial score (nSPS) is 12.5. The molecular weight excluding hydrogens is 252 g/mol. The van der Waals surface area contributed by atoms with Gasteiger partial charge in [0, 0.05) is 9.37 Å². The monoisotopic (exact) mass is 260 g/mol. The summed E-state index contributed by atoms with van der Waals surface area (Å²) in [5, 5.41) is 8.27. The summed E-state index contributed by atoms with van der Waals surface area (Å²) in [6.45, 7) is 1.68. The lowest BCUT2D eigenvalue weighted by Gasteiger charge is -2.05. The van der Waals surface area contributed by atoms with Gasteiger partial charge in [0.05, 0.1) is 0 Å². The molecule has 1 rings (SSSR count). The van der Waals surface area contributed by atoms with Gasteiger partial charge in [0.2, 0.25) is 0 Å². The topological polar surface area (TPSA) is 37.3 Å². The molecule has 2 nitrogen and oxygen atoms in total. The third kappa shape index (κ3) is 3.40. The van der Waals surface area contributed by atoms with E-state index in [1.54, 1.807) is 6.92 Å². The number of rotatable bonds is 3. The van der Waals surface area contributed by atoms with Crippen LogP contribution in [0.4, 0.5) is 0 Å². The molecule has 0 saturated carbocycles. The quantitative estimate of drug-likeness (QED) is 0.850. The average Bonchev–Trinajstić information content (AvgIpc) is 2.08. The molecule has 0 heterocycles. The first-order valence-electron chi connectivity index (χ1n) is 3.74. The number of benzene rings is 1. The highest BCUT2D eigenvalue weighted by Crippen LogP contribution is 2.24. The zero-order valence-electron chi connectivity index (χ0n) is 7.03. The number of carboxylic acids is 1. The Morgan fingerprint density at radius 3 is 2.46 bits per heavy atom. The van der Waals surface area contributed by atoms with Gasteiger partial charge in [-0.15, -0.1) is 11.8 Å². The maximum atomic E-state index is 10.5. The molecule has 0 aliphatic rings. The fourth-order valence-corrected chi connectivity index (χ4v) is 1.83. The van der Waals surface area contributed by atoms with Gasteiger partial charge in [-0.2, -0.15) is 0 Å². The van der Waals surface area contributed by atoms with Gasteiger partial charge in [0.15, 0.2) is 0 Å². The molecule has 0 aliphatic carbocycles. The van der Waals surface area contributed by atoms with E-state index in [1.807, 2.05) is 24.3 Å². The molecule has 13 heavy (non-hydrogen) atoms. The summed E-state index contributed by atoms with van der Waals surface area (Å²) in [6, 6.07) is 7.59. The van der Waals surface area contributed by atoms with E-state index in [2.05, 4.69) is 15.9 Å². The van der Waals surface area contributed by atoms with Crippen LogP contribution in [0.1, 0.15) is 6.92 Å². The summed E-state index contributed by atoms with van der Waals surface area (Å²) < 4.78 is 1.000. The highest BCUT2D eigenvalue weighted by Gasteiger charge is 2.11. The standard InChI is InChI=1S/C9H9BrO2S/c1-6(9(11)12)13-8-4-2-7(10)3-5-8/h2-6H,1H3,(H,11,12)/t6-/m0/s1. The zero-order valence-corrected chi connectivity index (χ0v) is 9.43. The van der Waals surface area contributed by atoms with Gasteiger partial charge in [-0.3, -0.25) is 4.79 Å². The van der Waals surface area contributed by atoms with Crippen molar-refractivity contribution in [1.82, 2.24) is 0 Å². The smallest absolute Gasteiger partial charge is 0.316 e. The minimum atomic E-state index is -0.784. The van der Waals surface area contributed by atoms with Gasteiger partial charge >= 0.3 is 5.97 Å². The number of carbonyl (C=O) groups is 1. The first-order chi connectivity index (χ1) is 6.09. The summed E-state index contributed by atoms with van der Waals surface area (Å²) in [4.78, 5) is 11.5. The zero-order chi connectivity index (χ0) is 9.84. The molecule has 1 aromatic rings. The molecule has 0 amide bonds. The second-order valence-corrected chi connectivity index (χ2v) is 4.88. The maximum absolute atomic E-state index is 10.5. The Hall–Kier alpha value is -0.480. The lowest BCUT2D eigenvalue weighted by Crippen LogP contribution is -2.10. The van der Waals surface area contributed by atoms with Crippen molar-refractivity contribution in [2.24, 2.45) is 0 Å². The molecular formula is C9H9BrO2S. The van der Waals surface area contributed by atoms with Crippen molar-refractivity contribution in [3.8, 4) is 0 Å². The fourth-order valence-electron chi connectivity index (χ4n) is 0.768. The number of aliphatic carboxylic acids is 1. The summed E-state index contributed by atoms with van der Waals surface area (Å²) in [6.07, 6.45) is 0. The molecule has 0 saturated heterocycles. The van der Waals surface area contributed by atoms with E-state index in [0.717, 1.165) is 9.37 Å². The predicted molar refractivity (Wildman–Crippen MR) is 57.1 cm³/mol. The van der Waals surface area contributed by atoms with Gasteiger partial charge in [-0.05, 0) is 31.2 Å². The molecule has 1 aromatic carbocycles. The highest BCUT2D eigenvalue weighted by molar-refractivity contribution is 9.10. The second-order valence-electron chi connectivity index (χ2n) is 2.55. The molecule has 0 aromatic heterocycles. The molecule has 0 aliphatic heterocycles. The summed E-state index contributed by atoms with van der Waals surface area (Å²) >= 11 is 4.66. The molecule has 1 atom stereocenters. The Balaban J connectivity index is 2.64. The van der Waals surface area contributed by atoms with Gasteiger partial charge in [-0.1, -0.05) is 15.9 Å². The molecule has 0 radical (unpaired) electrons. The third-order valence-corrected chi connectivity index (χ3v) is 3.10. The summed E-state index contributed by atoms with van der Waals surface area (Å²) in [5.74, 6) is -0.784. The largest absolute Gasteiger partial charge is 0.480 e. The average molecular weight is 261 g/mol. The van der Waals surface area contributed by atoms with Crippen molar-refractivity contribution >= 4 is 33.7 Å². The van der Waals surface area contributed by atoms with Crippen LogP contribution < -0.4 is 0 Å². The SMILES string of the molecule is C[C@H](Sc1ccc(Br)cc1)C(=O)O. The molecule has 0 bridgehead atoms. The summed E-state index contributed by atoms with van der Waals surface area (Å²) in [7, 11) is 0. The van der Waals surface area contributed by atoms with Crippen molar-refractivity contribution in [3.63, 3.8) is 0 Å². The van der Waals surface area contributed by atoms with Gasteiger partial charge in [-0.25, -0.2) is 0 Å². The Labute approximate surface area is 89.5 Å². The van der Waals surface area contributed by atoms with Crippen LogP contribution in [0, 0.1) is 0 Å². The Kier molecular flexibility index (Phi) is 3.81. The lowest BCUT2D eigenvalue weighted by molar-refractivity contribution is -0.136. The number of hydrogen-bond acceptors (Lipinski definition) is 2. The van der Waals surface area contributed by atoms with E-state index >= 15 is 0 Å². The lowest BCUT2D eigenvalue weighted by atomic mass is 10.4. The minimum absolute atomic E-state index is 0.402. The third-order valence-electron chi connectivity index (χ3n) is 1.47. The van der Waals surface area contributed by atoms with E-state index in [0.29, 0.717) is 0 Å². The van der Waals surface area contributed by atoms with Crippen molar-refractivity contribution < 1.29 is 9.90 Å². The second kappa shape index (κ2) is 4.67. The van der Waals surface area contributed by atoms with Crippen molar-refractivity contribution in [3.05, 3.63) is 28.7 Å². The van der Waals surface area contributed by atoms with E-state index in [-0.39, 0.29) is 0 Å². The minimum Gasteiger partial charge on any atom is -0.480 e. The van der Waals surface area contributed by atoms with Crippen LogP contribution in [-0.4, -0.2) is 16.3 Å². The Morgan fingerprint density at radius 2 is 2.00 bits per heavy atom. The van der Waals surface area contributed by atoms with Crippen LogP contribution in [-0.2, 0) is 4.79 Å². The van der Waals surface area contributed by atoms with Gasteiger partial charge < -0.3 is 5.11 Å². The van der Waals surface area contributed by atoms with Crippen LogP contribution in [0.2, 0.25) is 0 Å². The van der Waals surface area contributed by atoms with Crippen molar-refractivity contribution in [1.29, 1.82) is 0 Å². The number of carboxylic acid groups (broad SMARTS) is 1. The molecule has 70 valence electrons. The van der Waals surface area contributed by atoms with Crippen LogP contribution in [0.15, 0.2) is 33.6 Å². The van der Waals surface area contributed by atoms with Crippen LogP contribution in [0.3, 0.4) is 0 Å². The predicted octanol–water partition coefficient (Wildman–Crippen LogP) is 3.01. The molecule has 0 fully saturated rings. The van der Waals surface area contributed by atoms with E-state index in [4.69, 9.17) is 5.11 Å². The van der Waals surface area contributed by atoms with E-state index in [1.165, 1.54) is 11.8 Å². The van der Waals surface area contributed by atoms with E-state index < -0.39 is 11.2 Å². The number of hydrogen-bond donors (Lipinski definition) is 1. The van der Waals surface area contributed by atoms with Gasteiger partial charge in [0.1, 0.15) is 5.25 Å². The molecule has 0 spiro atoms. The number of halogens is 1. The molecule has 0 unspecified atom stereocenters. The Bertz CT molecular complexity index is 297. The fraction of sp³-hybridized carbons (Fsp3) is 0.222. The van der Waals surface area contributed by atoms with Crippen molar-refractivity contribution in [2.45, 2.75) is 17.1 Å². The first kappa shape index (κ1) is 10.6.